The first-order chi connectivity index (χ1) is 13.7. The van der Waals surface area contributed by atoms with Crippen LogP contribution < -0.4 is 14.4 Å². The Morgan fingerprint density at radius 1 is 1.11 bits per heavy atom. The molecule has 0 bridgehead atoms. The van der Waals surface area contributed by atoms with E-state index in [1.165, 1.54) is 0 Å². The van der Waals surface area contributed by atoms with E-state index in [0.29, 0.717) is 50.1 Å². The molecular formula is C22H24N2O4. The number of hydrogen-bond donors (Lipinski definition) is 0. The Labute approximate surface area is 164 Å². The van der Waals surface area contributed by atoms with Crippen molar-refractivity contribution in [3.63, 3.8) is 0 Å². The molecule has 0 unspecified atom stereocenters. The molecule has 0 N–H and O–H groups in total. The van der Waals surface area contributed by atoms with Crippen LogP contribution in [0.25, 0.3) is 11.1 Å². The van der Waals surface area contributed by atoms with Gasteiger partial charge in [0, 0.05) is 13.1 Å². The third kappa shape index (κ3) is 3.96. The number of anilines is 1. The second kappa shape index (κ2) is 8.33. The molecule has 1 aliphatic rings. The zero-order valence-electron chi connectivity index (χ0n) is 16.0. The number of esters is 1. The molecule has 0 radical (unpaired) electrons. The number of fused-ring (bicyclic) bond motifs is 1. The van der Waals surface area contributed by atoms with Gasteiger partial charge < -0.3 is 18.8 Å². The summed E-state index contributed by atoms with van der Waals surface area (Å²) < 4.78 is 17.2. The predicted octanol–water partition coefficient (Wildman–Crippen LogP) is 4.44. The molecule has 0 saturated carbocycles. The smallest absolute Gasteiger partial charge is 0.314 e. The lowest BCUT2D eigenvalue weighted by Crippen LogP contribution is -2.37. The van der Waals surface area contributed by atoms with Crippen LogP contribution in [0.3, 0.4) is 0 Å². The number of carbonyl (C=O) groups excluding carboxylic acids is 1. The van der Waals surface area contributed by atoms with Gasteiger partial charge in [-0.3, -0.25) is 4.79 Å². The molecule has 1 aromatic heterocycles. The van der Waals surface area contributed by atoms with Crippen LogP contribution in [0, 0.1) is 5.92 Å². The van der Waals surface area contributed by atoms with Gasteiger partial charge in [0.1, 0.15) is 5.52 Å². The Morgan fingerprint density at radius 2 is 1.82 bits per heavy atom. The van der Waals surface area contributed by atoms with Crippen molar-refractivity contribution in [1.82, 2.24) is 4.98 Å². The van der Waals surface area contributed by atoms with Gasteiger partial charge in [-0.15, -0.1) is 0 Å². The highest BCUT2D eigenvalue weighted by molar-refractivity contribution is 5.77. The van der Waals surface area contributed by atoms with Crippen molar-refractivity contribution >= 4 is 23.1 Å². The largest absolute Gasteiger partial charge is 0.490 e. The molecule has 1 aliphatic heterocycles. The van der Waals surface area contributed by atoms with E-state index in [1.807, 2.05) is 49.4 Å². The van der Waals surface area contributed by atoms with Gasteiger partial charge >= 0.3 is 5.97 Å². The van der Waals surface area contributed by atoms with Crippen LogP contribution in [0.4, 0.5) is 6.01 Å². The summed E-state index contributed by atoms with van der Waals surface area (Å²) in [5.74, 6) is 0.758. The standard InChI is InChI=1S/C22H24N2O4/c1-2-15-26-19-9-5-6-10-20(19)27-21(25)16-11-13-24(14-12-16)22-23-17-7-3-4-8-18(17)28-22/h3-10,16H,2,11-15H2,1H3. The van der Waals surface area contributed by atoms with Gasteiger partial charge in [0.25, 0.3) is 6.01 Å². The second-order valence-electron chi connectivity index (χ2n) is 6.94. The van der Waals surface area contributed by atoms with E-state index in [9.17, 15) is 4.79 Å². The number of nitrogens with zero attached hydrogens (tertiary/aromatic N) is 2. The van der Waals surface area contributed by atoms with Crippen molar-refractivity contribution in [3.05, 3.63) is 48.5 Å². The Kier molecular flexibility index (Phi) is 5.46. The van der Waals surface area contributed by atoms with Crippen LogP contribution in [0.1, 0.15) is 26.2 Å². The Bertz CT molecular complexity index is 911. The minimum absolute atomic E-state index is 0.139. The van der Waals surface area contributed by atoms with Crippen molar-refractivity contribution in [2.75, 3.05) is 24.6 Å². The summed E-state index contributed by atoms with van der Waals surface area (Å²) >= 11 is 0. The fraction of sp³-hybridized carbons (Fsp3) is 0.364. The molecule has 2 heterocycles. The van der Waals surface area contributed by atoms with Crippen molar-refractivity contribution in [1.29, 1.82) is 0 Å². The quantitative estimate of drug-likeness (QED) is 0.465. The molecule has 0 aliphatic carbocycles. The Morgan fingerprint density at radius 3 is 2.57 bits per heavy atom. The molecule has 6 nitrogen and oxygen atoms in total. The average molecular weight is 380 g/mol. The molecule has 2 aromatic carbocycles. The summed E-state index contributed by atoms with van der Waals surface area (Å²) in [5.41, 5.74) is 1.63. The maximum atomic E-state index is 12.6. The van der Waals surface area contributed by atoms with E-state index in [1.54, 1.807) is 6.07 Å². The molecule has 6 heteroatoms. The fourth-order valence-corrected chi connectivity index (χ4v) is 3.36. The topological polar surface area (TPSA) is 64.8 Å². The van der Waals surface area contributed by atoms with Gasteiger partial charge in [-0.05, 0) is 43.5 Å². The molecule has 0 amide bonds. The number of carbonyl (C=O) groups is 1. The van der Waals surface area contributed by atoms with E-state index >= 15 is 0 Å². The predicted molar refractivity (Wildman–Crippen MR) is 107 cm³/mol. The lowest BCUT2D eigenvalue weighted by Gasteiger charge is -2.29. The Hall–Kier alpha value is -3.02. The second-order valence-corrected chi connectivity index (χ2v) is 6.94. The van der Waals surface area contributed by atoms with Crippen LogP contribution in [0.5, 0.6) is 11.5 Å². The molecular weight excluding hydrogens is 356 g/mol. The molecule has 0 atom stereocenters. The van der Waals surface area contributed by atoms with Gasteiger partial charge in [0.15, 0.2) is 17.1 Å². The monoisotopic (exact) mass is 380 g/mol. The van der Waals surface area contributed by atoms with Crippen molar-refractivity contribution < 1.29 is 18.7 Å². The molecule has 3 aromatic rings. The molecule has 28 heavy (non-hydrogen) atoms. The lowest BCUT2D eigenvalue weighted by atomic mass is 9.97. The number of hydrogen-bond acceptors (Lipinski definition) is 6. The zero-order chi connectivity index (χ0) is 19.3. The van der Waals surface area contributed by atoms with Gasteiger partial charge in [-0.25, -0.2) is 0 Å². The van der Waals surface area contributed by atoms with Crippen molar-refractivity contribution in [3.8, 4) is 11.5 Å². The summed E-state index contributed by atoms with van der Waals surface area (Å²) in [6.07, 6.45) is 2.31. The third-order valence-electron chi connectivity index (χ3n) is 4.90. The van der Waals surface area contributed by atoms with E-state index in [0.717, 1.165) is 17.5 Å². The summed E-state index contributed by atoms with van der Waals surface area (Å²) in [6, 6.07) is 15.7. The lowest BCUT2D eigenvalue weighted by molar-refractivity contribution is -0.139. The number of piperidine rings is 1. The third-order valence-corrected chi connectivity index (χ3v) is 4.90. The normalized spacial score (nSPS) is 15.0. The fourth-order valence-electron chi connectivity index (χ4n) is 3.36. The minimum Gasteiger partial charge on any atom is -0.490 e. The number of para-hydroxylation sites is 4. The summed E-state index contributed by atoms with van der Waals surface area (Å²) in [5, 5.41) is 0. The first-order valence-electron chi connectivity index (χ1n) is 9.78. The number of oxazole rings is 1. The zero-order valence-corrected chi connectivity index (χ0v) is 16.0. The van der Waals surface area contributed by atoms with Crippen LogP contribution in [-0.4, -0.2) is 30.6 Å². The van der Waals surface area contributed by atoms with Crippen LogP contribution >= 0.6 is 0 Å². The molecule has 1 saturated heterocycles. The van der Waals surface area contributed by atoms with Crippen LogP contribution in [-0.2, 0) is 4.79 Å². The van der Waals surface area contributed by atoms with Gasteiger partial charge in [0.2, 0.25) is 0 Å². The summed E-state index contributed by atoms with van der Waals surface area (Å²) in [4.78, 5) is 19.3. The molecule has 4 rings (SSSR count). The maximum absolute atomic E-state index is 12.6. The first kappa shape index (κ1) is 18.3. The number of aromatic nitrogens is 1. The van der Waals surface area contributed by atoms with Gasteiger partial charge in [0.05, 0.1) is 12.5 Å². The van der Waals surface area contributed by atoms with Crippen molar-refractivity contribution in [2.45, 2.75) is 26.2 Å². The SMILES string of the molecule is CCCOc1ccccc1OC(=O)C1CCN(c2nc3ccccc3o2)CC1. The van der Waals surface area contributed by atoms with E-state index in [2.05, 4.69) is 9.88 Å². The van der Waals surface area contributed by atoms with Gasteiger partial charge in [-0.2, -0.15) is 4.98 Å². The minimum atomic E-state index is -0.204. The van der Waals surface area contributed by atoms with Crippen LogP contribution in [0.2, 0.25) is 0 Å². The van der Waals surface area contributed by atoms with E-state index in [-0.39, 0.29) is 11.9 Å². The van der Waals surface area contributed by atoms with E-state index in [4.69, 9.17) is 13.9 Å². The van der Waals surface area contributed by atoms with Gasteiger partial charge in [-0.1, -0.05) is 31.2 Å². The first-order valence-corrected chi connectivity index (χ1v) is 9.78. The summed E-state index contributed by atoms with van der Waals surface area (Å²) in [6.45, 7) is 4.05. The molecule has 1 fully saturated rings. The molecule has 0 spiro atoms. The number of rotatable bonds is 6. The highest BCUT2D eigenvalue weighted by Gasteiger charge is 2.29. The maximum Gasteiger partial charge on any atom is 0.314 e. The van der Waals surface area contributed by atoms with Crippen molar-refractivity contribution in [2.24, 2.45) is 5.92 Å². The molecule has 146 valence electrons. The summed E-state index contributed by atoms with van der Waals surface area (Å²) in [7, 11) is 0. The average Bonchev–Trinajstić information content (AvgIpc) is 3.17. The Balaban J connectivity index is 1.36. The van der Waals surface area contributed by atoms with E-state index < -0.39 is 0 Å². The highest BCUT2D eigenvalue weighted by Crippen LogP contribution is 2.30. The number of benzene rings is 2. The number of ether oxygens (including phenoxy) is 2. The highest BCUT2D eigenvalue weighted by atomic mass is 16.6. The van der Waals surface area contributed by atoms with Crippen LogP contribution in [0.15, 0.2) is 52.9 Å².